The molecule has 2 N–H and O–H groups in total. The average molecular weight is 317 g/mol. The van der Waals surface area contributed by atoms with Gasteiger partial charge >= 0.3 is 0 Å². The molecule has 4 unspecified atom stereocenters. The molecule has 2 nitrogen and oxygen atoms in total. The van der Waals surface area contributed by atoms with Gasteiger partial charge in [0.25, 0.3) is 0 Å². The second kappa shape index (κ2) is 5.48. The normalized spacial score (nSPS) is 35.0. The highest BCUT2D eigenvalue weighted by Gasteiger charge is 2.44. The predicted molar refractivity (Wildman–Crippen MR) is 79.8 cm³/mol. The molecule has 3 heteroatoms. The smallest absolute Gasteiger partial charge is 0.0797 e. The summed E-state index contributed by atoms with van der Waals surface area (Å²) in [6.07, 6.45) is 3.29. The van der Waals surface area contributed by atoms with Gasteiger partial charge in [0.1, 0.15) is 0 Å². The van der Waals surface area contributed by atoms with Crippen LogP contribution in [0.3, 0.4) is 0 Å². The van der Waals surface area contributed by atoms with E-state index in [-0.39, 0.29) is 16.2 Å². The molecular weight excluding hydrogens is 292 g/mol. The zero-order valence-corrected chi connectivity index (χ0v) is 13.2. The lowest BCUT2D eigenvalue weighted by Crippen LogP contribution is -2.44. The lowest BCUT2D eigenvalue weighted by molar-refractivity contribution is 0.0596. The van der Waals surface area contributed by atoms with Gasteiger partial charge < -0.3 is 10.2 Å². The highest BCUT2D eigenvalue weighted by atomic mass is 79.9. The van der Waals surface area contributed by atoms with Gasteiger partial charge in [0.2, 0.25) is 0 Å². The van der Waals surface area contributed by atoms with E-state index >= 15 is 0 Å². The van der Waals surface area contributed by atoms with E-state index in [9.17, 15) is 10.2 Å². The molecule has 0 saturated heterocycles. The fraction of sp³-hybridized carbons (Fsp3) is 0.733. The Morgan fingerprint density at radius 1 is 1.56 bits per heavy atom. The lowest BCUT2D eigenvalue weighted by Gasteiger charge is -2.46. The van der Waals surface area contributed by atoms with Gasteiger partial charge in [-0.25, -0.2) is 0 Å². The second-order valence-electron chi connectivity index (χ2n) is 6.27. The molecule has 0 amide bonds. The van der Waals surface area contributed by atoms with Crippen molar-refractivity contribution in [1.82, 2.24) is 0 Å². The Kier molecular flexibility index (Phi) is 4.85. The van der Waals surface area contributed by atoms with Crippen LogP contribution in [-0.4, -0.2) is 26.7 Å². The van der Waals surface area contributed by atoms with Gasteiger partial charge in [-0.05, 0) is 43.1 Å². The predicted octanol–water partition coefficient (Wildman–Crippen LogP) is 3.43. The van der Waals surface area contributed by atoms with Crippen LogP contribution < -0.4 is 0 Å². The molecule has 1 aliphatic rings. The minimum absolute atomic E-state index is 0.0353. The molecule has 4 atom stereocenters. The maximum Gasteiger partial charge on any atom is 0.0797 e. The molecule has 0 aromatic heterocycles. The number of aliphatic hydroxyl groups is 2. The van der Waals surface area contributed by atoms with Crippen molar-refractivity contribution >= 4 is 15.9 Å². The first kappa shape index (κ1) is 15.9. The first-order valence-corrected chi connectivity index (χ1v) is 7.40. The molecule has 1 saturated carbocycles. The molecule has 104 valence electrons. The second-order valence-corrected chi connectivity index (χ2v) is 7.37. The zero-order chi connectivity index (χ0) is 14.1. The molecule has 0 radical (unpaired) electrons. The first-order valence-electron chi connectivity index (χ1n) is 6.48. The van der Waals surface area contributed by atoms with E-state index in [4.69, 9.17) is 0 Å². The summed E-state index contributed by atoms with van der Waals surface area (Å²) in [4.78, 5) is 0.268. The Morgan fingerprint density at radius 2 is 2.11 bits per heavy atom. The van der Waals surface area contributed by atoms with Crippen molar-refractivity contribution in [2.75, 3.05) is 0 Å². The molecule has 0 aromatic carbocycles. The van der Waals surface area contributed by atoms with Crippen LogP contribution in [0.15, 0.2) is 24.8 Å². The minimum atomic E-state index is -0.847. The van der Waals surface area contributed by atoms with Gasteiger partial charge in [0, 0.05) is 4.83 Å². The summed E-state index contributed by atoms with van der Waals surface area (Å²) in [5.74, 6) is 0.206. The van der Waals surface area contributed by atoms with E-state index in [1.54, 1.807) is 13.0 Å². The molecular formula is C15H25BrO2. The molecule has 18 heavy (non-hydrogen) atoms. The van der Waals surface area contributed by atoms with Crippen molar-refractivity contribution in [2.45, 2.75) is 56.6 Å². The van der Waals surface area contributed by atoms with Crippen molar-refractivity contribution in [3.8, 4) is 0 Å². The average Bonchev–Trinajstić information content (AvgIpc) is 2.26. The molecule has 0 spiro atoms. The Morgan fingerprint density at radius 3 is 2.61 bits per heavy atom. The summed E-state index contributed by atoms with van der Waals surface area (Å²) < 4.78 is 0. The largest absolute Gasteiger partial charge is 0.389 e. The highest BCUT2D eigenvalue weighted by Crippen LogP contribution is 2.49. The Labute approximate surface area is 119 Å². The summed E-state index contributed by atoms with van der Waals surface area (Å²) in [7, 11) is 0. The van der Waals surface area contributed by atoms with Gasteiger partial charge in [0.05, 0.1) is 11.7 Å². The number of aliphatic hydroxyl groups excluding tert-OH is 1. The van der Waals surface area contributed by atoms with E-state index in [0.717, 1.165) is 12.0 Å². The van der Waals surface area contributed by atoms with Gasteiger partial charge in [0.15, 0.2) is 0 Å². The highest BCUT2D eigenvalue weighted by molar-refractivity contribution is 9.09. The molecule has 0 bridgehead atoms. The third kappa shape index (κ3) is 3.25. The quantitative estimate of drug-likeness (QED) is 0.616. The van der Waals surface area contributed by atoms with E-state index in [2.05, 4.69) is 42.9 Å². The van der Waals surface area contributed by atoms with Crippen molar-refractivity contribution in [2.24, 2.45) is 11.3 Å². The molecule has 0 heterocycles. The molecule has 0 aliphatic heterocycles. The summed E-state index contributed by atoms with van der Waals surface area (Å²) in [5, 5.41) is 20.0. The van der Waals surface area contributed by atoms with E-state index < -0.39 is 11.7 Å². The van der Waals surface area contributed by atoms with Crippen molar-refractivity contribution in [3.63, 3.8) is 0 Å². The maximum atomic E-state index is 10.0. The summed E-state index contributed by atoms with van der Waals surface area (Å²) in [5.41, 5.74) is 0.0873. The van der Waals surface area contributed by atoms with Crippen LogP contribution in [0.25, 0.3) is 0 Å². The molecule has 0 aromatic rings. The van der Waals surface area contributed by atoms with Gasteiger partial charge in [-0.3, -0.25) is 0 Å². The molecule has 1 fully saturated rings. The van der Waals surface area contributed by atoms with Crippen LogP contribution in [0.5, 0.6) is 0 Å². The molecule has 1 aliphatic carbocycles. The SMILES string of the molecule is C=CC(C)(O)CCC1C(=C)C(O)CC(Br)C1(C)C. The van der Waals surface area contributed by atoms with Crippen molar-refractivity contribution < 1.29 is 10.2 Å². The molecule has 1 rings (SSSR count). The monoisotopic (exact) mass is 316 g/mol. The number of hydrogen-bond acceptors (Lipinski definition) is 2. The van der Waals surface area contributed by atoms with Crippen LogP contribution in [0.1, 0.15) is 40.0 Å². The van der Waals surface area contributed by atoms with E-state index in [0.29, 0.717) is 12.8 Å². The summed E-state index contributed by atoms with van der Waals surface area (Å²) >= 11 is 3.67. The van der Waals surface area contributed by atoms with Crippen LogP contribution in [0, 0.1) is 11.3 Å². The number of hydrogen-bond donors (Lipinski definition) is 2. The standard InChI is InChI=1S/C15H25BrO2/c1-6-15(5,18)8-7-11-10(2)12(17)9-13(16)14(11,3)4/h6,11-13,17-18H,1-2,7-9H2,3-5H3. The number of rotatable bonds is 4. The van der Waals surface area contributed by atoms with Crippen LogP contribution >= 0.6 is 15.9 Å². The first-order chi connectivity index (χ1) is 8.12. The topological polar surface area (TPSA) is 40.5 Å². The minimum Gasteiger partial charge on any atom is -0.389 e. The number of alkyl halides is 1. The number of halogens is 1. The fourth-order valence-electron chi connectivity index (χ4n) is 2.68. The summed E-state index contributed by atoms with van der Waals surface area (Å²) in [6.45, 7) is 13.9. The van der Waals surface area contributed by atoms with Crippen molar-refractivity contribution in [1.29, 1.82) is 0 Å². The van der Waals surface area contributed by atoms with Crippen molar-refractivity contribution in [3.05, 3.63) is 24.8 Å². The fourth-order valence-corrected chi connectivity index (χ4v) is 3.35. The Balaban J connectivity index is 2.82. The van der Waals surface area contributed by atoms with Crippen LogP contribution in [0.4, 0.5) is 0 Å². The van der Waals surface area contributed by atoms with Gasteiger partial charge in [-0.2, -0.15) is 0 Å². The van der Waals surface area contributed by atoms with E-state index in [1.165, 1.54) is 0 Å². The zero-order valence-electron chi connectivity index (χ0n) is 11.6. The van der Waals surface area contributed by atoms with Crippen LogP contribution in [-0.2, 0) is 0 Å². The maximum absolute atomic E-state index is 10.0. The Hall–Kier alpha value is -0.120. The lowest BCUT2D eigenvalue weighted by atomic mass is 9.63. The van der Waals surface area contributed by atoms with E-state index in [1.807, 2.05) is 0 Å². The van der Waals surface area contributed by atoms with Gasteiger partial charge in [-0.1, -0.05) is 42.4 Å². The Bertz CT molecular complexity index is 333. The van der Waals surface area contributed by atoms with Gasteiger partial charge in [-0.15, -0.1) is 6.58 Å². The third-order valence-corrected chi connectivity index (χ3v) is 5.94. The third-order valence-electron chi connectivity index (χ3n) is 4.39. The van der Waals surface area contributed by atoms with Crippen LogP contribution in [0.2, 0.25) is 0 Å². The summed E-state index contributed by atoms with van der Waals surface area (Å²) in [6, 6.07) is 0.